The zero-order valence-corrected chi connectivity index (χ0v) is 13.7. The lowest BCUT2D eigenvalue weighted by atomic mass is 9.81. The van der Waals surface area contributed by atoms with Gasteiger partial charge in [0.2, 0.25) is 0 Å². The van der Waals surface area contributed by atoms with Crippen LogP contribution in [0.25, 0.3) is 0 Å². The third-order valence-corrected chi connectivity index (χ3v) is 5.13. The smallest absolute Gasteiger partial charge is 0.269 e. The number of amides is 2. The van der Waals surface area contributed by atoms with Crippen LogP contribution in [0.15, 0.2) is 29.7 Å². The third kappa shape index (κ3) is 2.85. The van der Waals surface area contributed by atoms with Crippen LogP contribution in [0.5, 0.6) is 0 Å². The van der Waals surface area contributed by atoms with Crippen LogP contribution in [0.4, 0.5) is 4.39 Å². The van der Waals surface area contributed by atoms with E-state index in [2.05, 4.69) is 15.5 Å². The van der Waals surface area contributed by atoms with Gasteiger partial charge in [0.25, 0.3) is 11.8 Å². The summed E-state index contributed by atoms with van der Waals surface area (Å²) in [5, 5.41) is 6.66. The molecule has 7 nitrogen and oxygen atoms in total. The number of hydrogen-bond acceptors (Lipinski definition) is 5. The Labute approximate surface area is 144 Å². The Balaban J connectivity index is 1.36. The Hall–Kier alpha value is -2.51. The van der Waals surface area contributed by atoms with E-state index in [9.17, 15) is 14.0 Å². The second kappa shape index (κ2) is 6.09. The molecule has 1 saturated heterocycles. The van der Waals surface area contributed by atoms with E-state index >= 15 is 0 Å². The van der Waals surface area contributed by atoms with Crippen LogP contribution in [0.3, 0.4) is 0 Å². The molecule has 2 amide bonds. The summed E-state index contributed by atoms with van der Waals surface area (Å²) in [6.07, 6.45) is 4.27. The minimum absolute atomic E-state index is 0.269. The summed E-state index contributed by atoms with van der Waals surface area (Å²) in [6, 6.07) is 3.65. The molecule has 2 aliphatic heterocycles. The molecule has 2 fully saturated rings. The van der Waals surface area contributed by atoms with Gasteiger partial charge in [0.15, 0.2) is 17.5 Å². The van der Waals surface area contributed by atoms with E-state index in [0.717, 1.165) is 12.0 Å². The number of carbonyl (C=O) groups is 2. The summed E-state index contributed by atoms with van der Waals surface area (Å²) in [5.74, 6) is -1.11. The largest absolute Gasteiger partial charge is 0.389 e. The highest BCUT2D eigenvalue weighted by Crippen LogP contribution is 2.39. The molecule has 3 aliphatic rings. The van der Waals surface area contributed by atoms with E-state index in [1.807, 2.05) is 6.07 Å². The Kier molecular flexibility index (Phi) is 3.89. The van der Waals surface area contributed by atoms with Crippen LogP contribution in [-0.4, -0.2) is 52.3 Å². The van der Waals surface area contributed by atoms with Crippen molar-refractivity contribution in [1.82, 2.24) is 15.2 Å². The second-order valence-electron chi connectivity index (χ2n) is 6.80. The zero-order chi connectivity index (χ0) is 17.4. The van der Waals surface area contributed by atoms with Crippen molar-refractivity contribution < 1.29 is 18.8 Å². The fourth-order valence-electron chi connectivity index (χ4n) is 3.47. The molecule has 1 aromatic heterocycles. The fraction of sp³-hybridized carbons (Fsp3) is 0.529. The Morgan fingerprint density at radius 1 is 1.40 bits per heavy atom. The molecule has 132 valence electrons. The van der Waals surface area contributed by atoms with Crippen molar-refractivity contribution in [3.05, 3.63) is 30.1 Å². The highest BCUT2D eigenvalue weighted by molar-refractivity contribution is 6.40. The van der Waals surface area contributed by atoms with Gasteiger partial charge in [-0.3, -0.25) is 14.6 Å². The summed E-state index contributed by atoms with van der Waals surface area (Å²) in [4.78, 5) is 35.5. The first-order chi connectivity index (χ1) is 12.1. The summed E-state index contributed by atoms with van der Waals surface area (Å²) in [6.45, 7) is 0.881. The van der Waals surface area contributed by atoms with Crippen LogP contribution in [0.2, 0.25) is 0 Å². The van der Waals surface area contributed by atoms with Crippen LogP contribution in [-0.2, 0) is 21.0 Å². The van der Waals surface area contributed by atoms with E-state index in [1.165, 1.54) is 4.90 Å². The molecule has 4 rings (SSSR count). The maximum atomic E-state index is 14.3. The molecule has 1 aromatic rings. The van der Waals surface area contributed by atoms with Gasteiger partial charge in [0.1, 0.15) is 0 Å². The van der Waals surface area contributed by atoms with Gasteiger partial charge in [-0.2, -0.15) is 0 Å². The predicted octanol–water partition coefficient (Wildman–Crippen LogP) is 0.803. The molecule has 0 aromatic carbocycles. The van der Waals surface area contributed by atoms with Crippen LogP contribution in [0, 0.1) is 5.92 Å². The normalized spacial score (nSPS) is 26.3. The SMILES string of the molecule is O=C(NCc1cccnc1)C1=NO[C@@H]2CN(C(=O)C3(F)CCC3)C[C@H]12. The van der Waals surface area contributed by atoms with Gasteiger partial charge in [-0.05, 0) is 30.9 Å². The minimum atomic E-state index is -1.72. The van der Waals surface area contributed by atoms with E-state index in [1.54, 1.807) is 18.5 Å². The van der Waals surface area contributed by atoms with Crippen molar-refractivity contribution in [2.45, 2.75) is 37.6 Å². The van der Waals surface area contributed by atoms with Crippen molar-refractivity contribution in [3.8, 4) is 0 Å². The van der Waals surface area contributed by atoms with Gasteiger partial charge in [0.05, 0.1) is 12.5 Å². The molecule has 1 aliphatic carbocycles. The summed E-state index contributed by atoms with van der Waals surface area (Å²) in [7, 11) is 0. The lowest BCUT2D eigenvalue weighted by Crippen LogP contribution is -2.50. The molecule has 0 unspecified atom stereocenters. The van der Waals surface area contributed by atoms with Gasteiger partial charge in [-0.1, -0.05) is 11.2 Å². The number of fused-ring (bicyclic) bond motifs is 1. The molecule has 8 heteroatoms. The topological polar surface area (TPSA) is 83.9 Å². The molecular weight excluding hydrogens is 327 g/mol. The monoisotopic (exact) mass is 346 g/mol. The number of pyridine rings is 1. The van der Waals surface area contributed by atoms with E-state index in [0.29, 0.717) is 6.54 Å². The van der Waals surface area contributed by atoms with E-state index in [-0.39, 0.29) is 49.6 Å². The third-order valence-electron chi connectivity index (χ3n) is 5.13. The van der Waals surface area contributed by atoms with Crippen molar-refractivity contribution >= 4 is 17.5 Å². The van der Waals surface area contributed by atoms with Crippen LogP contribution in [0.1, 0.15) is 24.8 Å². The molecule has 0 spiro atoms. The molecule has 1 N–H and O–H groups in total. The first-order valence-electron chi connectivity index (χ1n) is 8.46. The number of carbonyl (C=O) groups excluding carboxylic acids is 2. The number of aromatic nitrogens is 1. The number of alkyl halides is 1. The van der Waals surface area contributed by atoms with Gasteiger partial charge in [-0.15, -0.1) is 0 Å². The Morgan fingerprint density at radius 2 is 2.24 bits per heavy atom. The number of halogens is 1. The van der Waals surface area contributed by atoms with Crippen LogP contribution < -0.4 is 5.32 Å². The molecule has 3 heterocycles. The first-order valence-corrected chi connectivity index (χ1v) is 8.46. The Bertz CT molecular complexity index is 720. The predicted molar refractivity (Wildman–Crippen MR) is 86.2 cm³/mol. The number of nitrogens with zero attached hydrogens (tertiary/aromatic N) is 3. The van der Waals surface area contributed by atoms with Crippen molar-refractivity contribution in [1.29, 1.82) is 0 Å². The molecule has 2 atom stereocenters. The first kappa shape index (κ1) is 16.0. The number of rotatable bonds is 4. The lowest BCUT2D eigenvalue weighted by Gasteiger charge is -2.35. The Morgan fingerprint density at radius 3 is 2.92 bits per heavy atom. The summed E-state index contributed by atoms with van der Waals surface area (Å²) < 4.78 is 14.3. The van der Waals surface area contributed by atoms with Gasteiger partial charge in [0, 0.05) is 25.5 Å². The van der Waals surface area contributed by atoms with Gasteiger partial charge < -0.3 is 15.1 Å². The van der Waals surface area contributed by atoms with Gasteiger partial charge in [-0.25, -0.2) is 4.39 Å². The number of nitrogens with one attached hydrogen (secondary N) is 1. The quantitative estimate of drug-likeness (QED) is 0.874. The van der Waals surface area contributed by atoms with E-state index in [4.69, 9.17) is 4.84 Å². The molecule has 1 saturated carbocycles. The van der Waals surface area contributed by atoms with Crippen LogP contribution >= 0.6 is 0 Å². The van der Waals surface area contributed by atoms with E-state index < -0.39 is 11.6 Å². The fourth-order valence-corrected chi connectivity index (χ4v) is 3.47. The lowest BCUT2D eigenvalue weighted by molar-refractivity contribution is -0.149. The standard InChI is InChI=1S/C17H19FN4O3/c18-17(4-2-5-17)16(24)22-9-12-13(10-22)25-21-14(12)15(23)20-8-11-3-1-6-19-7-11/h1,3,6-7,12-13H,2,4-5,8-10H2,(H,20,23)/t12-,13+/m0/s1. The van der Waals surface area contributed by atoms with Crippen molar-refractivity contribution in [3.63, 3.8) is 0 Å². The average molecular weight is 346 g/mol. The number of oxime groups is 1. The number of likely N-dealkylation sites (tertiary alicyclic amines) is 1. The summed E-state index contributed by atoms with van der Waals surface area (Å²) >= 11 is 0. The molecular formula is C17H19FN4O3. The van der Waals surface area contributed by atoms with Gasteiger partial charge >= 0.3 is 0 Å². The minimum Gasteiger partial charge on any atom is -0.389 e. The maximum absolute atomic E-state index is 14.3. The van der Waals surface area contributed by atoms with Crippen molar-refractivity contribution in [2.24, 2.45) is 11.1 Å². The van der Waals surface area contributed by atoms with Crippen molar-refractivity contribution in [2.75, 3.05) is 13.1 Å². The molecule has 0 bridgehead atoms. The summed E-state index contributed by atoms with van der Waals surface area (Å²) in [5.41, 5.74) is -0.580. The molecule has 25 heavy (non-hydrogen) atoms. The molecule has 0 radical (unpaired) electrons. The maximum Gasteiger partial charge on any atom is 0.269 e. The highest BCUT2D eigenvalue weighted by atomic mass is 19.1. The number of hydrogen-bond donors (Lipinski definition) is 1. The zero-order valence-electron chi connectivity index (χ0n) is 13.7. The average Bonchev–Trinajstić information content (AvgIpc) is 3.18. The second-order valence-corrected chi connectivity index (χ2v) is 6.80. The highest BCUT2D eigenvalue weighted by Gasteiger charge is 2.52.